The molecule has 0 fully saturated rings. The Balaban J connectivity index is 2.31. The van der Waals surface area contributed by atoms with Crippen molar-refractivity contribution in [1.29, 1.82) is 0 Å². The Bertz CT molecular complexity index is 743. The summed E-state index contributed by atoms with van der Waals surface area (Å²) in [5, 5.41) is 15.4. The van der Waals surface area contributed by atoms with E-state index in [0.29, 0.717) is 11.3 Å². The van der Waals surface area contributed by atoms with Gasteiger partial charge in [0.2, 0.25) is 10.0 Å². The number of aryl methyl sites for hydroxylation is 1. The summed E-state index contributed by atoms with van der Waals surface area (Å²) < 4.78 is 40.4. The molecule has 1 atom stereocenters. The molecule has 0 saturated heterocycles. The Hall–Kier alpha value is -1.77. The number of nitrogens with one attached hydrogen (secondary N) is 2. The number of hydrogen-bond acceptors (Lipinski definition) is 4. The van der Waals surface area contributed by atoms with Gasteiger partial charge in [0.05, 0.1) is 12.3 Å². The third-order valence-electron chi connectivity index (χ3n) is 3.06. The van der Waals surface area contributed by atoms with Crippen molar-refractivity contribution >= 4 is 10.0 Å². The molecule has 0 aliphatic carbocycles. The van der Waals surface area contributed by atoms with Crippen molar-refractivity contribution in [2.24, 2.45) is 0 Å². The fourth-order valence-corrected chi connectivity index (χ4v) is 3.66. The zero-order chi connectivity index (χ0) is 15.6. The van der Waals surface area contributed by atoms with E-state index in [-0.39, 0.29) is 10.6 Å². The average molecular weight is 313 g/mol. The van der Waals surface area contributed by atoms with Gasteiger partial charge in [0.15, 0.2) is 0 Å². The molecule has 2 rings (SSSR count). The van der Waals surface area contributed by atoms with Gasteiger partial charge in [-0.15, -0.1) is 0 Å². The minimum Gasteiger partial charge on any atom is -0.390 e. The van der Waals surface area contributed by atoms with Crippen LogP contribution in [0.4, 0.5) is 4.39 Å². The first-order valence-corrected chi connectivity index (χ1v) is 7.76. The van der Waals surface area contributed by atoms with Gasteiger partial charge in [0.25, 0.3) is 0 Å². The zero-order valence-corrected chi connectivity index (χ0v) is 12.4. The molecular formula is C13H16FN3O3S. The van der Waals surface area contributed by atoms with Gasteiger partial charge in [0, 0.05) is 6.04 Å². The van der Waals surface area contributed by atoms with Gasteiger partial charge in [0.1, 0.15) is 16.4 Å². The highest BCUT2D eigenvalue weighted by Crippen LogP contribution is 2.21. The van der Waals surface area contributed by atoms with Crippen LogP contribution in [0.25, 0.3) is 0 Å². The van der Waals surface area contributed by atoms with E-state index in [2.05, 4.69) is 14.9 Å². The topological polar surface area (TPSA) is 95.1 Å². The number of sulfonamides is 1. The summed E-state index contributed by atoms with van der Waals surface area (Å²) in [5.41, 5.74) is 0.884. The molecule has 2 aromatic rings. The SMILES string of the molecule is Cc1[nH]nc(CO)c1S(=O)(=O)NC(C)c1cccc(F)c1. The highest BCUT2D eigenvalue weighted by atomic mass is 32.2. The Morgan fingerprint density at radius 2 is 2.19 bits per heavy atom. The third-order valence-corrected chi connectivity index (χ3v) is 4.80. The van der Waals surface area contributed by atoms with E-state index < -0.39 is 28.5 Å². The maximum atomic E-state index is 13.2. The van der Waals surface area contributed by atoms with Gasteiger partial charge < -0.3 is 5.11 Å². The lowest BCUT2D eigenvalue weighted by Crippen LogP contribution is -2.28. The van der Waals surface area contributed by atoms with Gasteiger partial charge >= 0.3 is 0 Å². The van der Waals surface area contributed by atoms with Crippen molar-refractivity contribution in [2.75, 3.05) is 0 Å². The standard InChI is InChI=1S/C13H16FN3O3S/c1-8(10-4-3-5-11(14)6-10)17-21(19,20)13-9(2)15-16-12(13)7-18/h3-6,8,17-18H,7H2,1-2H3,(H,15,16). The van der Waals surface area contributed by atoms with Gasteiger partial charge in [-0.05, 0) is 31.5 Å². The lowest BCUT2D eigenvalue weighted by molar-refractivity contribution is 0.273. The molecule has 0 aliphatic rings. The van der Waals surface area contributed by atoms with Crippen LogP contribution in [0.2, 0.25) is 0 Å². The van der Waals surface area contributed by atoms with Crippen molar-refractivity contribution in [3.8, 4) is 0 Å². The van der Waals surface area contributed by atoms with Crippen molar-refractivity contribution in [3.63, 3.8) is 0 Å². The van der Waals surface area contributed by atoms with E-state index in [0.717, 1.165) is 0 Å². The van der Waals surface area contributed by atoms with E-state index >= 15 is 0 Å². The van der Waals surface area contributed by atoms with Crippen molar-refractivity contribution in [3.05, 3.63) is 47.0 Å². The summed E-state index contributed by atoms with van der Waals surface area (Å²) in [5.74, 6) is -0.436. The van der Waals surface area contributed by atoms with Crippen LogP contribution in [0.3, 0.4) is 0 Å². The monoisotopic (exact) mass is 313 g/mol. The molecular weight excluding hydrogens is 297 g/mol. The number of hydrogen-bond donors (Lipinski definition) is 3. The summed E-state index contributed by atoms with van der Waals surface area (Å²) >= 11 is 0. The molecule has 21 heavy (non-hydrogen) atoms. The lowest BCUT2D eigenvalue weighted by Gasteiger charge is -2.15. The molecule has 0 amide bonds. The molecule has 1 heterocycles. The van der Waals surface area contributed by atoms with Crippen LogP contribution in [-0.2, 0) is 16.6 Å². The summed E-state index contributed by atoms with van der Waals surface area (Å²) in [7, 11) is -3.88. The zero-order valence-electron chi connectivity index (χ0n) is 11.6. The maximum Gasteiger partial charge on any atom is 0.244 e. The molecule has 0 saturated carbocycles. The smallest absolute Gasteiger partial charge is 0.244 e. The molecule has 1 aromatic carbocycles. The third kappa shape index (κ3) is 3.29. The van der Waals surface area contributed by atoms with Gasteiger partial charge in [-0.3, -0.25) is 5.10 Å². The largest absolute Gasteiger partial charge is 0.390 e. The van der Waals surface area contributed by atoms with Crippen LogP contribution < -0.4 is 4.72 Å². The van der Waals surface area contributed by atoms with Crippen LogP contribution >= 0.6 is 0 Å². The molecule has 8 heteroatoms. The number of aliphatic hydroxyl groups excluding tert-OH is 1. The van der Waals surface area contributed by atoms with Crippen LogP contribution in [0.5, 0.6) is 0 Å². The van der Waals surface area contributed by atoms with Crippen LogP contribution in [-0.4, -0.2) is 23.7 Å². The Morgan fingerprint density at radius 3 is 2.81 bits per heavy atom. The first-order chi connectivity index (χ1) is 9.85. The number of H-pyrrole nitrogens is 1. The normalized spacial score (nSPS) is 13.3. The van der Waals surface area contributed by atoms with Crippen LogP contribution in [0, 0.1) is 12.7 Å². The molecule has 1 aromatic heterocycles. The van der Waals surface area contributed by atoms with Crippen LogP contribution in [0.1, 0.15) is 29.9 Å². The number of benzene rings is 1. The van der Waals surface area contributed by atoms with Gasteiger partial charge in [-0.25, -0.2) is 17.5 Å². The molecule has 0 spiro atoms. The molecule has 0 bridgehead atoms. The molecule has 3 N–H and O–H groups in total. The van der Waals surface area contributed by atoms with E-state index in [4.69, 9.17) is 5.11 Å². The lowest BCUT2D eigenvalue weighted by atomic mass is 10.1. The number of rotatable bonds is 5. The van der Waals surface area contributed by atoms with Crippen molar-refractivity contribution in [2.45, 2.75) is 31.4 Å². The van der Waals surface area contributed by atoms with Crippen molar-refractivity contribution < 1.29 is 17.9 Å². The second-order valence-electron chi connectivity index (χ2n) is 4.68. The molecule has 0 aliphatic heterocycles. The van der Waals surface area contributed by atoms with Crippen LogP contribution in [0.15, 0.2) is 29.2 Å². The fourth-order valence-electron chi connectivity index (χ4n) is 2.07. The van der Waals surface area contributed by atoms with Crippen molar-refractivity contribution in [1.82, 2.24) is 14.9 Å². The Morgan fingerprint density at radius 1 is 1.48 bits per heavy atom. The van der Waals surface area contributed by atoms with E-state index in [1.807, 2.05) is 0 Å². The first-order valence-electron chi connectivity index (χ1n) is 6.27. The summed E-state index contributed by atoms with van der Waals surface area (Å²) in [4.78, 5) is -0.0757. The van der Waals surface area contributed by atoms with E-state index in [1.165, 1.54) is 18.2 Å². The quantitative estimate of drug-likeness (QED) is 0.777. The number of aromatic nitrogens is 2. The Kier molecular flexibility index (Phi) is 4.40. The van der Waals surface area contributed by atoms with Gasteiger partial charge in [-0.1, -0.05) is 12.1 Å². The number of aliphatic hydroxyl groups is 1. The maximum absolute atomic E-state index is 13.2. The number of halogens is 1. The first kappa shape index (κ1) is 15.6. The predicted molar refractivity (Wildman–Crippen MR) is 74.4 cm³/mol. The number of nitrogens with zero attached hydrogens (tertiary/aromatic N) is 1. The van der Waals surface area contributed by atoms with E-state index in [1.54, 1.807) is 19.9 Å². The Labute approximate surface area is 122 Å². The summed E-state index contributed by atoms with van der Waals surface area (Å²) in [6, 6.07) is 5.08. The number of aromatic amines is 1. The van der Waals surface area contributed by atoms with Gasteiger partial charge in [-0.2, -0.15) is 5.10 Å². The summed E-state index contributed by atoms with van der Waals surface area (Å²) in [6.45, 7) is 2.67. The minimum atomic E-state index is -3.88. The molecule has 0 radical (unpaired) electrons. The molecule has 114 valence electrons. The molecule has 1 unspecified atom stereocenters. The van der Waals surface area contributed by atoms with E-state index in [9.17, 15) is 12.8 Å². The second-order valence-corrected chi connectivity index (χ2v) is 6.33. The average Bonchev–Trinajstić information content (AvgIpc) is 2.80. The second kappa shape index (κ2) is 5.92. The predicted octanol–water partition coefficient (Wildman–Crippen LogP) is 1.39. The summed E-state index contributed by atoms with van der Waals surface area (Å²) in [6.07, 6.45) is 0. The highest BCUT2D eigenvalue weighted by molar-refractivity contribution is 7.89. The molecule has 6 nitrogen and oxygen atoms in total. The highest BCUT2D eigenvalue weighted by Gasteiger charge is 2.26. The minimum absolute atomic E-state index is 0.0476. The fraction of sp³-hybridized carbons (Fsp3) is 0.308.